The van der Waals surface area contributed by atoms with E-state index < -0.39 is 0 Å². The summed E-state index contributed by atoms with van der Waals surface area (Å²) in [4.78, 5) is 13.9. The molecule has 1 rings (SSSR count). The van der Waals surface area contributed by atoms with Crippen LogP contribution >= 0.6 is 38.5 Å². The van der Waals surface area contributed by atoms with Gasteiger partial charge in [-0.05, 0) is 54.1 Å². The average Bonchev–Trinajstić information content (AvgIpc) is 2.33. The van der Waals surface area contributed by atoms with E-state index in [1.54, 1.807) is 23.1 Å². The summed E-state index contributed by atoms with van der Waals surface area (Å²) in [5, 5.41) is 10.6. The van der Waals surface area contributed by atoms with E-state index in [1.807, 2.05) is 6.92 Å². The average molecular weight is 412 g/mol. The Morgan fingerprint density at radius 3 is 2.82 bits per heavy atom. The van der Waals surface area contributed by atoms with Crippen LogP contribution in [0.2, 0.25) is 0 Å². The van der Waals surface area contributed by atoms with Crippen molar-refractivity contribution in [3.05, 3.63) is 27.3 Å². The molecule has 17 heavy (non-hydrogen) atoms. The summed E-state index contributed by atoms with van der Waals surface area (Å²) < 4.78 is 0.945. The fourth-order valence-corrected chi connectivity index (χ4v) is 2.25. The standard InChI is InChI=1S/C12H15BrINO2/c1-2-15(7-3-6-13)12(17)10-8-9(14)4-5-11(10)16/h4-5,8,16H,2-3,6-7H2,1H3. The molecule has 0 aliphatic carbocycles. The molecule has 1 N–H and O–H groups in total. The highest BCUT2D eigenvalue weighted by Crippen LogP contribution is 2.21. The molecule has 0 fully saturated rings. The van der Waals surface area contributed by atoms with E-state index in [9.17, 15) is 9.90 Å². The molecule has 1 aromatic rings. The van der Waals surface area contributed by atoms with Gasteiger partial charge in [0.05, 0.1) is 5.56 Å². The molecule has 1 amide bonds. The Kier molecular flexibility index (Phi) is 6.26. The number of carbonyl (C=O) groups excluding carboxylic acids is 1. The maximum Gasteiger partial charge on any atom is 0.257 e. The summed E-state index contributed by atoms with van der Waals surface area (Å²) in [5.74, 6) is -0.0582. The van der Waals surface area contributed by atoms with E-state index in [0.29, 0.717) is 18.7 Å². The lowest BCUT2D eigenvalue weighted by Crippen LogP contribution is -2.32. The minimum absolute atomic E-state index is 0.0488. The molecule has 0 heterocycles. The molecule has 0 spiro atoms. The van der Waals surface area contributed by atoms with Gasteiger partial charge in [0.2, 0.25) is 0 Å². The van der Waals surface area contributed by atoms with Crippen molar-refractivity contribution < 1.29 is 9.90 Å². The van der Waals surface area contributed by atoms with Crippen molar-refractivity contribution in [3.8, 4) is 5.75 Å². The number of nitrogens with zero attached hydrogens (tertiary/aromatic N) is 1. The highest BCUT2D eigenvalue weighted by Gasteiger charge is 2.17. The van der Waals surface area contributed by atoms with Gasteiger partial charge in [0.15, 0.2) is 0 Å². The number of phenolic OH excluding ortho intramolecular Hbond substituents is 1. The smallest absolute Gasteiger partial charge is 0.257 e. The van der Waals surface area contributed by atoms with Gasteiger partial charge in [-0.15, -0.1) is 0 Å². The number of amides is 1. The third-order valence-corrected chi connectivity index (χ3v) is 3.65. The van der Waals surface area contributed by atoms with Gasteiger partial charge in [-0.25, -0.2) is 0 Å². The van der Waals surface area contributed by atoms with Crippen molar-refractivity contribution in [2.45, 2.75) is 13.3 Å². The Morgan fingerprint density at radius 1 is 1.53 bits per heavy atom. The van der Waals surface area contributed by atoms with Crippen LogP contribution < -0.4 is 0 Å². The number of benzene rings is 1. The van der Waals surface area contributed by atoms with Gasteiger partial charge in [0.1, 0.15) is 5.75 Å². The van der Waals surface area contributed by atoms with Gasteiger partial charge in [-0.1, -0.05) is 15.9 Å². The van der Waals surface area contributed by atoms with E-state index in [1.165, 1.54) is 0 Å². The number of alkyl halides is 1. The summed E-state index contributed by atoms with van der Waals surface area (Å²) in [6.07, 6.45) is 0.907. The first-order chi connectivity index (χ1) is 8.10. The Labute approximate surface area is 123 Å². The maximum absolute atomic E-state index is 12.2. The van der Waals surface area contributed by atoms with Gasteiger partial charge in [-0.3, -0.25) is 4.79 Å². The Balaban J connectivity index is 2.89. The molecule has 5 heteroatoms. The third kappa shape index (κ3) is 4.13. The molecule has 0 saturated carbocycles. The first-order valence-corrected chi connectivity index (χ1v) is 7.64. The topological polar surface area (TPSA) is 40.5 Å². The van der Waals surface area contributed by atoms with E-state index in [2.05, 4.69) is 38.5 Å². The van der Waals surface area contributed by atoms with E-state index in [0.717, 1.165) is 15.3 Å². The molecule has 3 nitrogen and oxygen atoms in total. The number of halogens is 2. The van der Waals surface area contributed by atoms with Gasteiger partial charge in [0.25, 0.3) is 5.91 Å². The lowest BCUT2D eigenvalue weighted by molar-refractivity contribution is 0.0762. The van der Waals surface area contributed by atoms with Crippen LogP contribution in [0.3, 0.4) is 0 Å². The van der Waals surface area contributed by atoms with Crippen LogP contribution in [-0.2, 0) is 0 Å². The Morgan fingerprint density at radius 2 is 2.24 bits per heavy atom. The minimum Gasteiger partial charge on any atom is -0.507 e. The Hall–Kier alpha value is -0.300. The molecule has 0 atom stereocenters. The van der Waals surface area contributed by atoms with E-state index in [4.69, 9.17) is 0 Å². The number of aromatic hydroxyl groups is 1. The number of phenols is 1. The molecule has 0 radical (unpaired) electrons. The van der Waals surface area contributed by atoms with Crippen LogP contribution in [0, 0.1) is 3.57 Å². The van der Waals surface area contributed by atoms with Crippen molar-refractivity contribution >= 4 is 44.4 Å². The molecule has 1 aromatic carbocycles. The summed E-state index contributed by atoms with van der Waals surface area (Å²) in [6.45, 7) is 3.29. The lowest BCUT2D eigenvalue weighted by atomic mass is 10.1. The second-order valence-corrected chi connectivity index (χ2v) is 5.63. The van der Waals surface area contributed by atoms with Gasteiger partial charge in [-0.2, -0.15) is 0 Å². The second kappa shape index (κ2) is 7.20. The second-order valence-electron chi connectivity index (χ2n) is 3.59. The molecule has 0 bridgehead atoms. The normalized spacial score (nSPS) is 10.3. The summed E-state index contributed by atoms with van der Waals surface area (Å²) in [7, 11) is 0. The van der Waals surface area contributed by atoms with Gasteiger partial charge in [0, 0.05) is 22.0 Å². The zero-order chi connectivity index (χ0) is 12.8. The molecule has 0 aliphatic rings. The molecular formula is C12H15BrINO2. The first-order valence-electron chi connectivity index (χ1n) is 5.44. The predicted molar refractivity (Wildman–Crippen MR) is 80.8 cm³/mol. The highest BCUT2D eigenvalue weighted by molar-refractivity contribution is 14.1. The van der Waals surface area contributed by atoms with Crippen molar-refractivity contribution in [2.75, 3.05) is 18.4 Å². The molecule has 0 unspecified atom stereocenters. The van der Waals surface area contributed by atoms with Crippen molar-refractivity contribution in [1.29, 1.82) is 0 Å². The van der Waals surface area contributed by atoms with Crippen LogP contribution in [0.1, 0.15) is 23.7 Å². The fourth-order valence-electron chi connectivity index (χ4n) is 1.50. The molecule has 0 saturated heterocycles. The molecule has 0 aliphatic heterocycles. The van der Waals surface area contributed by atoms with Crippen LogP contribution in [0.4, 0.5) is 0 Å². The van der Waals surface area contributed by atoms with Crippen molar-refractivity contribution in [1.82, 2.24) is 4.90 Å². The van der Waals surface area contributed by atoms with Gasteiger partial charge >= 0.3 is 0 Å². The minimum atomic E-state index is -0.107. The van der Waals surface area contributed by atoms with Crippen molar-refractivity contribution in [2.24, 2.45) is 0 Å². The zero-order valence-corrected chi connectivity index (χ0v) is 13.4. The zero-order valence-electron chi connectivity index (χ0n) is 9.62. The number of rotatable bonds is 5. The number of hydrogen-bond donors (Lipinski definition) is 1. The highest BCUT2D eigenvalue weighted by atomic mass is 127. The molecule has 0 aromatic heterocycles. The molecule has 94 valence electrons. The third-order valence-electron chi connectivity index (χ3n) is 2.42. The fraction of sp³-hybridized carbons (Fsp3) is 0.417. The predicted octanol–water partition coefficient (Wildman–Crippen LogP) is 3.24. The first kappa shape index (κ1) is 14.8. The monoisotopic (exact) mass is 411 g/mol. The van der Waals surface area contributed by atoms with Crippen LogP contribution in [0.5, 0.6) is 5.75 Å². The van der Waals surface area contributed by atoms with Crippen LogP contribution in [-0.4, -0.2) is 34.3 Å². The number of carbonyl (C=O) groups is 1. The SMILES string of the molecule is CCN(CCCBr)C(=O)c1cc(I)ccc1O. The molecular weight excluding hydrogens is 397 g/mol. The van der Waals surface area contributed by atoms with Crippen LogP contribution in [0.25, 0.3) is 0 Å². The largest absolute Gasteiger partial charge is 0.507 e. The van der Waals surface area contributed by atoms with Gasteiger partial charge < -0.3 is 10.0 Å². The van der Waals surface area contributed by atoms with E-state index >= 15 is 0 Å². The summed E-state index contributed by atoms with van der Waals surface area (Å²) in [5.41, 5.74) is 0.383. The summed E-state index contributed by atoms with van der Waals surface area (Å²) in [6, 6.07) is 5.06. The summed E-state index contributed by atoms with van der Waals surface area (Å²) >= 11 is 5.48. The number of hydrogen-bond acceptors (Lipinski definition) is 2. The van der Waals surface area contributed by atoms with Crippen molar-refractivity contribution in [3.63, 3.8) is 0 Å². The lowest BCUT2D eigenvalue weighted by Gasteiger charge is -2.21. The Bertz CT molecular complexity index is 398. The van der Waals surface area contributed by atoms with E-state index in [-0.39, 0.29) is 11.7 Å². The van der Waals surface area contributed by atoms with Crippen LogP contribution in [0.15, 0.2) is 18.2 Å². The maximum atomic E-state index is 12.2. The quantitative estimate of drug-likeness (QED) is 0.596.